The highest BCUT2D eigenvalue weighted by Crippen LogP contribution is 2.67. The minimum absolute atomic E-state index is 0.113. The second kappa shape index (κ2) is 7.72. The van der Waals surface area contributed by atoms with Gasteiger partial charge in [0.25, 0.3) is 0 Å². The molecule has 0 aromatic rings. The number of ether oxygens (including phenoxy) is 2. The van der Waals surface area contributed by atoms with Gasteiger partial charge in [-0.05, 0) is 62.2 Å². The summed E-state index contributed by atoms with van der Waals surface area (Å²) in [4.78, 5) is 23.4. The monoisotopic (exact) mass is 406 g/mol. The Morgan fingerprint density at radius 3 is 2.48 bits per heavy atom. The van der Waals surface area contributed by atoms with Crippen LogP contribution >= 0.6 is 0 Å². The van der Waals surface area contributed by atoms with E-state index in [0.29, 0.717) is 18.4 Å². The number of aliphatic hydroxyl groups is 1. The Morgan fingerprint density at radius 1 is 1.10 bits per heavy atom. The highest BCUT2D eigenvalue weighted by atomic mass is 16.5. The third kappa shape index (κ3) is 3.75. The van der Waals surface area contributed by atoms with Crippen molar-refractivity contribution in [2.45, 2.75) is 84.2 Å². The first kappa shape index (κ1) is 22.3. The van der Waals surface area contributed by atoms with Gasteiger partial charge in [0.05, 0.1) is 19.3 Å². The third-order valence-electron chi connectivity index (χ3n) is 8.88. The summed E-state index contributed by atoms with van der Waals surface area (Å²) in [6.07, 6.45) is 9.57. The molecule has 6 atom stereocenters. The number of hydrogen-bond donors (Lipinski definition) is 1. The van der Waals surface area contributed by atoms with Crippen molar-refractivity contribution in [3.8, 4) is 0 Å². The zero-order chi connectivity index (χ0) is 21.5. The van der Waals surface area contributed by atoms with E-state index in [9.17, 15) is 14.7 Å². The summed E-state index contributed by atoms with van der Waals surface area (Å²) in [6, 6.07) is 0. The first-order chi connectivity index (χ1) is 13.5. The van der Waals surface area contributed by atoms with Crippen molar-refractivity contribution in [2.75, 3.05) is 13.7 Å². The molecule has 29 heavy (non-hydrogen) atoms. The van der Waals surface area contributed by atoms with Gasteiger partial charge in [-0.25, -0.2) is 0 Å². The summed E-state index contributed by atoms with van der Waals surface area (Å²) < 4.78 is 10.1. The zero-order valence-corrected chi connectivity index (χ0v) is 18.6. The van der Waals surface area contributed by atoms with Crippen molar-refractivity contribution in [1.82, 2.24) is 0 Å². The summed E-state index contributed by atoms with van der Waals surface area (Å²) in [5, 5.41) is 12.0. The highest BCUT2D eigenvalue weighted by molar-refractivity contribution is 5.91. The Labute approximate surface area is 175 Å². The fourth-order valence-electron chi connectivity index (χ4n) is 6.98. The average molecular weight is 407 g/mol. The van der Waals surface area contributed by atoms with Crippen molar-refractivity contribution >= 4 is 11.9 Å². The quantitative estimate of drug-likeness (QED) is 0.416. The summed E-state index contributed by atoms with van der Waals surface area (Å²) in [5.74, 6) is -0.512. The molecule has 3 fully saturated rings. The van der Waals surface area contributed by atoms with E-state index in [2.05, 4.69) is 38.2 Å². The van der Waals surface area contributed by atoms with Crippen LogP contribution in [0.15, 0.2) is 12.7 Å². The van der Waals surface area contributed by atoms with E-state index in [0.717, 1.165) is 51.4 Å². The van der Waals surface area contributed by atoms with Crippen LogP contribution in [0.25, 0.3) is 0 Å². The van der Waals surface area contributed by atoms with Crippen LogP contribution in [0.3, 0.4) is 0 Å². The molecule has 0 saturated heterocycles. The summed E-state index contributed by atoms with van der Waals surface area (Å²) >= 11 is 0. The molecule has 0 unspecified atom stereocenters. The minimum Gasteiger partial charge on any atom is -0.469 e. The summed E-state index contributed by atoms with van der Waals surface area (Å²) in [6.45, 7) is 11.1. The van der Waals surface area contributed by atoms with E-state index < -0.39 is 17.5 Å². The van der Waals surface area contributed by atoms with Gasteiger partial charge in [-0.15, -0.1) is 6.58 Å². The van der Waals surface area contributed by atoms with Gasteiger partial charge in [-0.3, -0.25) is 9.59 Å². The van der Waals surface area contributed by atoms with Gasteiger partial charge in [0.2, 0.25) is 0 Å². The lowest BCUT2D eigenvalue weighted by atomic mass is 9.41. The number of allylic oxidation sites excluding steroid dienone is 1. The second-order valence-electron chi connectivity index (χ2n) is 10.7. The van der Waals surface area contributed by atoms with Crippen LogP contribution in [0.2, 0.25) is 0 Å². The number of fused-ring (bicyclic) bond motifs is 3. The molecule has 0 bridgehead atoms. The van der Waals surface area contributed by atoms with Crippen molar-refractivity contribution < 1.29 is 24.2 Å². The molecule has 3 saturated carbocycles. The topological polar surface area (TPSA) is 72.8 Å². The molecule has 0 aliphatic heterocycles. The Kier molecular flexibility index (Phi) is 5.94. The van der Waals surface area contributed by atoms with E-state index in [1.165, 1.54) is 7.11 Å². The largest absolute Gasteiger partial charge is 0.469 e. The lowest BCUT2D eigenvalue weighted by Gasteiger charge is -2.66. The van der Waals surface area contributed by atoms with Crippen molar-refractivity contribution in [2.24, 2.45) is 28.1 Å². The van der Waals surface area contributed by atoms with Crippen LogP contribution in [-0.4, -0.2) is 36.4 Å². The van der Waals surface area contributed by atoms with Crippen LogP contribution in [-0.2, 0) is 19.1 Å². The Morgan fingerprint density at radius 2 is 1.83 bits per heavy atom. The van der Waals surface area contributed by atoms with Gasteiger partial charge in [0, 0.05) is 10.8 Å². The lowest BCUT2D eigenvalue weighted by Crippen LogP contribution is -2.65. The zero-order valence-electron chi connectivity index (χ0n) is 18.6. The first-order valence-corrected chi connectivity index (χ1v) is 11.1. The maximum Gasteiger partial charge on any atom is 0.317 e. The Balaban J connectivity index is 1.78. The molecular weight excluding hydrogens is 368 g/mol. The first-order valence-electron chi connectivity index (χ1n) is 11.1. The molecule has 0 heterocycles. The second-order valence-corrected chi connectivity index (χ2v) is 10.7. The van der Waals surface area contributed by atoms with Crippen molar-refractivity contribution in [3.63, 3.8) is 0 Å². The van der Waals surface area contributed by atoms with E-state index in [1.54, 1.807) is 0 Å². The van der Waals surface area contributed by atoms with E-state index in [-0.39, 0.29) is 22.7 Å². The van der Waals surface area contributed by atoms with E-state index in [1.807, 2.05) is 0 Å². The molecule has 1 N–H and O–H groups in total. The van der Waals surface area contributed by atoms with E-state index in [4.69, 9.17) is 4.74 Å². The fraction of sp³-hybridized carbons (Fsp3) is 0.833. The van der Waals surface area contributed by atoms with Gasteiger partial charge in [0.1, 0.15) is 6.42 Å². The van der Waals surface area contributed by atoms with Crippen LogP contribution in [0.5, 0.6) is 0 Å². The Hall–Kier alpha value is -1.36. The lowest BCUT2D eigenvalue weighted by molar-refractivity contribution is -0.241. The number of carbonyl (C=O) groups is 2. The van der Waals surface area contributed by atoms with Gasteiger partial charge in [0.15, 0.2) is 0 Å². The van der Waals surface area contributed by atoms with Crippen LogP contribution in [0.4, 0.5) is 0 Å². The van der Waals surface area contributed by atoms with Gasteiger partial charge in [-0.1, -0.05) is 33.3 Å². The molecule has 3 rings (SSSR count). The van der Waals surface area contributed by atoms with Gasteiger partial charge >= 0.3 is 11.9 Å². The summed E-state index contributed by atoms with van der Waals surface area (Å²) in [5.41, 5.74) is -0.920. The van der Waals surface area contributed by atoms with E-state index >= 15 is 0 Å². The smallest absolute Gasteiger partial charge is 0.317 e. The molecule has 0 aromatic heterocycles. The minimum atomic E-state index is -0.670. The van der Waals surface area contributed by atoms with Crippen molar-refractivity contribution in [1.29, 1.82) is 0 Å². The van der Waals surface area contributed by atoms with Crippen molar-refractivity contribution in [3.05, 3.63) is 12.7 Å². The van der Waals surface area contributed by atoms with Gasteiger partial charge in [-0.2, -0.15) is 0 Å². The number of esters is 2. The highest BCUT2D eigenvalue weighted by Gasteiger charge is 2.64. The molecule has 0 aromatic carbocycles. The third-order valence-corrected chi connectivity index (χ3v) is 8.88. The SMILES string of the molecule is C=C[C@@]1(C)CC[C@@]2(O)[C@H](CC[C@@H]3[C@](C)(COC(=O)CC(=O)OC)CCC[C@]32C)C1. The number of rotatable bonds is 5. The normalized spacial score (nSPS) is 44.2. The number of methoxy groups -OCH3 is 1. The molecule has 5 nitrogen and oxygen atoms in total. The van der Waals surface area contributed by atoms with Gasteiger partial charge < -0.3 is 14.6 Å². The molecule has 5 heteroatoms. The molecule has 0 radical (unpaired) electrons. The number of carbonyl (C=O) groups excluding carboxylic acids is 2. The van der Waals surface area contributed by atoms with Crippen LogP contribution in [0, 0.1) is 28.1 Å². The molecule has 3 aliphatic carbocycles. The summed E-state index contributed by atoms with van der Waals surface area (Å²) in [7, 11) is 1.27. The molecule has 0 spiro atoms. The van der Waals surface area contributed by atoms with Crippen LogP contribution < -0.4 is 0 Å². The maximum atomic E-state index is 12.1. The fourth-order valence-corrected chi connectivity index (χ4v) is 6.98. The standard InChI is InChI=1S/C24H38O5/c1-6-21(2)12-13-24(27)17(15-21)8-9-18-22(3,10-7-11-23(18,24)4)16-29-20(26)14-19(25)28-5/h6,17-18,27H,1,7-16H2,2-5H3/t17-,18-,21+,22+,23-,24-/m1/s1. The average Bonchev–Trinajstić information content (AvgIpc) is 2.68. The molecular formula is C24H38O5. The predicted molar refractivity (Wildman–Crippen MR) is 111 cm³/mol. The van der Waals surface area contributed by atoms with Crippen LogP contribution in [0.1, 0.15) is 78.6 Å². The number of hydrogen-bond acceptors (Lipinski definition) is 5. The molecule has 0 amide bonds. The Bertz CT molecular complexity index is 674. The molecule has 164 valence electrons. The predicted octanol–water partition coefficient (Wildman–Crippen LogP) is 4.42. The maximum absolute atomic E-state index is 12.1. The molecule has 3 aliphatic rings.